The van der Waals surface area contributed by atoms with Gasteiger partial charge in [-0.15, -0.1) is 12.4 Å². The van der Waals surface area contributed by atoms with Crippen LogP contribution in [0.4, 0.5) is 8.78 Å². The highest BCUT2D eigenvalue weighted by Crippen LogP contribution is 2.23. The Morgan fingerprint density at radius 1 is 1.24 bits per heavy atom. The van der Waals surface area contributed by atoms with Crippen LogP contribution in [0.2, 0.25) is 0 Å². The van der Waals surface area contributed by atoms with E-state index in [1.165, 1.54) is 6.07 Å². The zero-order valence-corrected chi connectivity index (χ0v) is 12.6. The van der Waals surface area contributed by atoms with Gasteiger partial charge in [0.2, 0.25) is 5.91 Å². The number of rotatable bonds is 4. The van der Waals surface area contributed by atoms with Crippen LogP contribution in [0.15, 0.2) is 18.2 Å². The quantitative estimate of drug-likeness (QED) is 0.896. The summed E-state index contributed by atoms with van der Waals surface area (Å²) in [5.41, 5.74) is 6.19. The third kappa shape index (κ3) is 4.93. The fourth-order valence-corrected chi connectivity index (χ4v) is 2.77. The summed E-state index contributed by atoms with van der Waals surface area (Å²) in [5.74, 6) is -1.67. The number of carbonyl (C=O) groups excluding carboxylic acids is 1. The van der Waals surface area contributed by atoms with Gasteiger partial charge in [-0.2, -0.15) is 0 Å². The number of nitrogens with two attached hydrogens (primary N) is 1. The Bertz CT molecular complexity index is 485. The molecule has 0 spiro atoms. The summed E-state index contributed by atoms with van der Waals surface area (Å²) in [6, 6.07) is 3.64. The van der Waals surface area contributed by atoms with E-state index in [-0.39, 0.29) is 30.8 Å². The fourth-order valence-electron chi connectivity index (χ4n) is 2.77. The minimum absolute atomic E-state index is 0. The van der Waals surface area contributed by atoms with Crippen molar-refractivity contribution >= 4 is 18.3 Å². The maximum absolute atomic E-state index is 13.1. The van der Waals surface area contributed by atoms with E-state index in [1.54, 1.807) is 0 Å². The average molecular weight is 319 g/mol. The lowest BCUT2D eigenvalue weighted by molar-refractivity contribution is -0.121. The summed E-state index contributed by atoms with van der Waals surface area (Å²) in [6.07, 6.45) is 4.27. The standard InChI is InChI=1S/C15H20F2N2O.ClH/c16-12-6-5-10(7-13(12)17)8-15(20)19-14-4-2-1-3-11(14)9-18;/h5-7,11,14H,1-4,8-9,18H2,(H,19,20);1H. The lowest BCUT2D eigenvalue weighted by Gasteiger charge is -2.31. The zero-order valence-electron chi connectivity index (χ0n) is 11.8. The highest BCUT2D eigenvalue weighted by molar-refractivity contribution is 5.85. The van der Waals surface area contributed by atoms with Crippen LogP contribution in [0.1, 0.15) is 31.2 Å². The molecule has 1 saturated carbocycles. The number of carbonyl (C=O) groups is 1. The van der Waals surface area contributed by atoms with Gasteiger partial charge >= 0.3 is 0 Å². The van der Waals surface area contributed by atoms with E-state index in [1.807, 2.05) is 0 Å². The predicted molar refractivity (Wildman–Crippen MR) is 80.3 cm³/mol. The molecule has 1 fully saturated rings. The monoisotopic (exact) mass is 318 g/mol. The van der Waals surface area contributed by atoms with E-state index in [0.717, 1.165) is 37.8 Å². The molecule has 1 aromatic rings. The number of amides is 1. The van der Waals surface area contributed by atoms with Gasteiger partial charge in [0.05, 0.1) is 6.42 Å². The first kappa shape index (κ1) is 17.9. The van der Waals surface area contributed by atoms with E-state index >= 15 is 0 Å². The molecule has 1 aromatic carbocycles. The third-order valence-corrected chi connectivity index (χ3v) is 3.91. The topological polar surface area (TPSA) is 55.1 Å². The fraction of sp³-hybridized carbons (Fsp3) is 0.533. The van der Waals surface area contributed by atoms with Crippen molar-refractivity contribution in [2.75, 3.05) is 6.54 Å². The van der Waals surface area contributed by atoms with Gasteiger partial charge in [0.15, 0.2) is 11.6 Å². The van der Waals surface area contributed by atoms with Gasteiger partial charge in [0.1, 0.15) is 0 Å². The van der Waals surface area contributed by atoms with Gasteiger partial charge in [-0.1, -0.05) is 18.9 Å². The minimum atomic E-state index is -0.923. The summed E-state index contributed by atoms with van der Waals surface area (Å²) >= 11 is 0. The normalized spacial score (nSPS) is 21.5. The molecular weight excluding hydrogens is 298 g/mol. The van der Waals surface area contributed by atoms with Crippen LogP contribution in [-0.4, -0.2) is 18.5 Å². The lowest BCUT2D eigenvalue weighted by Crippen LogP contribution is -2.45. The Morgan fingerprint density at radius 2 is 1.95 bits per heavy atom. The van der Waals surface area contributed by atoms with Crippen LogP contribution >= 0.6 is 12.4 Å². The molecule has 3 nitrogen and oxygen atoms in total. The highest BCUT2D eigenvalue weighted by atomic mass is 35.5. The number of hydrogen-bond donors (Lipinski definition) is 2. The van der Waals surface area contributed by atoms with Crippen molar-refractivity contribution in [1.82, 2.24) is 5.32 Å². The molecule has 6 heteroatoms. The first-order chi connectivity index (χ1) is 9.60. The van der Waals surface area contributed by atoms with Crippen molar-refractivity contribution in [3.63, 3.8) is 0 Å². The molecule has 0 radical (unpaired) electrons. The molecule has 0 saturated heterocycles. The largest absolute Gasteiger partial charge is 0.353 e. The molecule has 0 heterocycles. The Balaban J connectivity index is 0.00000220. The first-order valence-corrected chi connectivity index (χ1v) is 7.03. The van der Waals surface area contributed by atoms with Crippen LogP contribution in [0.5, 0.6) is 0 Å². The van der Waals surface area contributed by atoms with E-state index in [4.69, 9.17) is 5.73 Å². The second kappa shape index (κ2) is 8.29. The lowest BCUT2D eigenvalue weighted by atomic mass is 9.84. The average Bonchev–Trinajstić information content (AvgIpc) is 2.43. The van der Waals surface area contributed by atoms with Crippen molar-refractivity contribution in [1.29, 1.82) is 0 Å². The number of nitrogens with one attached hydrogen (secondary N) is 1. The summed E-state index contributed by atoms with van der Waals surface area (Å²) in [6.45, 7) is 0.566. The molecule has 0 aromatic heterocycles. The van der Waals surface area contributed by atoms with Crippen molar-refractivity contribution in [2.24, 2.45) is 11.7 Å². The van der Waals surface area contributed by atoms with Gasteiger partial charge in [-0.05, 0) is 43.0 Å². The van der Waals surface area contributed by atoms with Gasteiger partial charge < -0.3 is 11.1 Å². The smallest absolute Gasteiger partial charge is 0.224 e. The molecule has 0 aliphatic heterocycles. The Morgan fingerprint density at radius 3 is 2.62 bits per heavy atom. The summed E-state index contributed by atoms with van der Waals surface area (Å²) in [5, 5.41) is 2.97. The van der Waals surface area contributed by atoms with Crippen LogP contribution in [0, 0.1) is 17.6 Å². The molecule has 1 amide bonds. The van der Waals surface area contributed by atoms with Gasteiger partial charge in [-0.25, -0.2) is 8.78 Å². The van der Waals surface area contributed by atoms with E-state index < -0.39 is 11.6 Å². The Kier molecular flexibility index (Phi) is 7.05. The maximum atomic E-state index is 13.1. The molecule has 21 heavy (non-hydrogen) atoms. The molecule has 0 bridgehead atoms. The van der Waals surface area contributed by atoms with E-state index in [2.05, 4.69) is 5.32 Å². The third-order valence-electron chi connectivity index (χ3n) is 3.91. The van der Waals surface area contributed by atoms with Crippen molar-refractivity contribution in [3.05, 3.63) is 35.4 Å². The van der Waals surface area contributed by atoms with E-state index in [9.17, 15) is 13.6 Å². The SMILES string of the molecule is Cl.NCC1CCCCC1NC(=O)Cc1ccc(F)c(F)c1. The van der Waals surface area contributed by atoms with Gasteiger partial charge in [0, 0.05) is 6.04 Å². The maximum Gasteiger partial charge on any atom is 0.224 e. The second-order valence-electron chi connectivity index (χ2n) is 5.38. The summed E-state index contributed by atoms with van der Waals surface area (Å²) in [7, 11) is 0. The number of hydrogen-bond acceptors (Lipinski definition) is 2. The molecule has 3 N–H and O–H groups in total. The van der Waals surface area contributed by atoms with Crippen LogP contribution in [0.3, 0.4) is 0 Å². The van der Waals surface area contributed by atoms with Crippen molar-refractivity contribution < 1.29 is 13.6 Å². The summed E-state index contributed by atoms with van der Waals surface area (Å²) < 4.78 is 25.9. The molecular formula is C15H21ClF2N2O. The molecule has 2 unspecified atom stereocenters. The first-order valence-electron chi connectivity index (χ1n) is 7.03. The van der Waals surface area contributed by atoms with Crippen LogP contribution < -0.4 is 11.1 Å². The molecule has 1 aliphatic rings. The number of halogens is 3. The molecule has 1 aliphatic carbocycles. The number of benzene rings is 1. The molecule has 2 rings (SSSR count). The summed E-state index contributed by atoms with van der Waals surface area (Å²) in [4.78, 5) is 12.0. The Hall–Kier alpha value is -1.20. The van der Waals surface area contributed by atoms with Crippen molar-refractivity contribution in [3.8, 4) is 0 Å². The second-order valence-corrected chi connectivity index (χ2v) is 5.38. The zero-order chi connectivity index (χ0) is 14.5. The van der Waals surface area contributed by atoms with Crippen LogP contribution in [-0.2, 0) is 11.2 Å². The van der Waals surface area contributed by atoms with Crippen molar-refractivity contribution in [2.45, 2.75) is 38.1 Å². The van der Waals surface area contributed by atoms with Gasteiger partial charge in [-0.3, -0.25) is 4.79 Å². The minimum Gasteiger partial charge on any atom is -0.353 e. The molecule has 2 atom stereocenters. The molecule has 118 valence electrons. The van der Waals surface area contributed by atoms with Gasteiger partial charge in [0.25, 0.3) is 0 Å². The Labute approximate surface area is 129 Å². The van der Waals surface area contributed by atoms with E-state index in [0.29, 0.717) is 18.0 Å². The van der Waals surface area contributed by atoms with Crippen LogP contribution in [0.25, 0.3) is 0 Å². The highest BCUT2D eigenvalue weighted by Gasteiger charge is 2.25. The predicted octanol–water partition coefficient (Wildman–Crippen LogP) is 2.56.